The molecule has 0 atom stereocenters. The molecular formula is C13H17N3O. The quantitative estimate of drug-likeness (QED) is 0.758. The Morgan fingerprint density at radius 3 is 2.53 bits per heavy atom. The number of rotatable bonds is 3. The zero-order valence-corrected chi connectivity index (χ0v) is 10.7. The Hall–Kier alpha value is -1.84. The topological polar surface area (TPSA) is 39.8 Å². The Morgan fingerprint density at radius 2 is 2.06 bits per heavy atom. The van der Waals surface area contributed by atoms with Crippen LogP contribution in [-0.2, 0) is 13.6 Å². The molecule has 0 aromatic carbocycles. The molecule has 0 saturated heterocycles. The fraction of sp³-hybridized carbons (Fsp3) is 0.385. The van der Waals surface area contributed by atoms with Gasteiger partial charge in [-0.15, -0.1) is 0 Å². The van der Waals surface area contributed by atoms with Crippen LogP contribution in [-0.4, -0.2) is 20.6 Å². The second kappa shape index (κ2) is 4.20. The zero-order valence-electron chi connectivity index (χ0n) is 10.7. The molecule has 4 nitrogen and oxygen atoms in total. The van der Waals surface area contributed by atoms with Crippen molar-refractivity contribution in [2.45, 2.75) is 27.3 Å². The van der Waals surface area contributed by atoms with Crippen LogP contribution < -0.4 is 0 Å². The molecule has 0 saturated carbocycles. The predicted molar refractivity (Wildman–Crippen MR) is 66.3 cm³/mol. The Balaban J connectivity index is 2.39. The average molecular weight is 231 g/mol. The van der Waals surface area contributed by atoms with Gasteiger partial charge in [0.1, 0.15) is 0 Å². The molecule has 0 aliphatic rings. The van der Waals surface area contributed by atoms with Gasteiger partial charge in [0.15, 0.2) is 6.29 Å². The van der Waals surface area contributed by atoms with Crippen LogP contribution in [0.2, 0.25) is 0 Å². The highest BCUT2D eigenvalue weighted by atomic mass is 16.1. The van der Waals surface area contributed by atoms with E-state index in [1.54, 1.807) is 0 Å². The van der Waals surface area contributed by atoms with Crippen LogP contribution in [0.3, 0.4) is 0 Å². The molecule has 2 aromatic rings. The predicted octanol–water partition coefficient (Wildman–Crippen LogP) is 2.01. The molecule has 0 aliphatic carbocycles. The third-order valence-electron chi connectivity index (χ3n) is 3.18. The first-order valence-electron chi connectivity index (χ1n) is 5.64. The molecule has 0 N–H and O–H groups in total. The van der Waals surface area contributed by atoms with E-state index in [2.05, 4.69) is 9.67 Å². The van der Waals surface area contributed by atoms with Gasteiger partial charge in [0.25, 0.3) is 0 Å². The monoisotopic (exact) mass is 231 g/mol. The molecule has 2 heterocycles. The third kappa shape index (κ3) is 2.02. The van der Waals surface area contributed by atoms with E-state index in [0.29, 0.717) is 0 Å². The summed E-state index contributed by atoms with van der Waals surface area (Å²) < 4.78 is 3.97. The van der Waals surface area contributed by atoms with Gasteiger partial charge in [-0.3, -0.25) is 9.48 Å². The number of carbonyl (C=O) groups is 1. The van der Waals surface area contributed by atoms with Gasteiger partial charge in [0.05, 0.1) is 12.2 Å². The lowest BCUT2D eigenvalue weighted by Crippen LogP contribution is -2.04. The highest BCUT2D eigenvalue weighted by Crippen LogP contribution is 2.16. The van der Waals surface area contributed by atoms with E-state index in [-0.39, 0.29) is 0 Å². The second-order valence-corrected chi connectivity index (χ2v) is 4.44. The minimum atomic E-state index is 0.768. The lowest BCUT2D eigenvalue weighted by molar-refractivity contribution is 0.112. The van der Waals surface area contributed by atoms with Crippen molar-refractivity contribution in [2.24, 2.45) is 7.05 Å². The van der Waals surface area contributed by atoms with Crippen LogP contribution in [0, 0.1) is 20.8 Å². The van der Waals surface area contributed by atoms with E-state index in [9.17, 15) is 4.79 Å². The minimum absolute atomic E-state index is 0.768. The van der Waals surface area contributed by atoms with Crippen LogP contribution >= 0.6 is 0 Å². The van der Waals surface area contributed by atoms with Crippen molar-refractivity contribution < 1.29 is 4.79 Å². The lowest BCUT2D eigenvalue weighted by atomic mass is 10.2. The largest absolute Gasteiger partial charge is 0.344 e. The first kappa shape index (κ1) is 11.6. The normalized spacial score (nSPS) is 10.8. The molecular weight excluding hydrogens is 214 g/mol. The zero-order chi connectivity index (χ0) is 12.6. The van der Waals surface area contributed by atoms with Gasteiger partial charge in [-0.2, -0.15) is 5.10 Å². The lowest BCUT2D eigenvalue weighted by Gasteiger charge is -2.08. The fourth-order valence-corrected chi connectivity index (χ4v) is 2.16. The smallest absolute Gasteiger partial charge is 0.151 e. The summed E-state index contributed by atoms with van der Waals surface area (Å²) in [4.78, 5) is 10.9. The molecule has 2 rings (SSSR count). The van der Waals surface area contributed by atoms with Gasteiger partial charge < -0.3 is 4.57 Å². The Bertz CT molecular complexity index is 563. The highest BCUT2D eigenvalue weighted by Gasteiger charge is 2.11. The van der Waals surface area contributed by atoms with E-state index in [1.807, 2.05) is 44.8 Å². The first-order valence-corrected chi connectivity index (χ1v) is 5.64. The Morgan fingerprint density at radius 1 is 1.35 bits per heavy atom. The van der Waals surface area contributed by atoms with Crippen LogP contribution in [0.15, 0.2) is 12.3 Å². The minimum Gasteiger partial charge on any atom is -0.344 e. The fourth-order valence-electron chi connectivity index (χ4n) is 2.16. The van der Waals surface area contributed by atoms with Crippen molar-refractivity contribution in [3.8, 4) is 0 Å². The summed E-state index contributed by atoms with van der Waals surface area (Å²) in [5.74, 6) is 0. The molecule has 0 radical (unpaired) electrons. The number of hydrogen-bond donors (Lipinski definition) is 0. The number of aromatic nitrogens is 3. The summed E-state index contributed by atoms with van der Waals surface area (Å²) in [5, 5.41) is 4.33. The van der Waals surface area contributed by atoms with Gasteiger partial charge in [-0.1, -0.05) is 0 Å². The number of nitrogens with zero attached hydrogens (tertiary/aromatic N) is 3. The molecule has 0 amide bonds. The Labute approximate surface area is 101 Å². The Kier molecular flexibility index (Phi) is 2.88. The molecule has 0 fully saturated rings. The highest BCUT2D eigenvalue weighted by molar-refractivity contribution is 5.77. The van der Waals surface area contributed by atoms with E-state index >= 15 is 0 Å². The van der Waals surface area contributed by atoms with E-state index in [0.717, 1.165) is 35.5 Å². The summed E-state index contributed by atoms with van der Waals surface area (Å²) in [6, 6.07) is 1.92. The van der Waals surface area contributed by atoms with Crippen LogP contribution in [0.25, 0.3) is 0 Å². The molecule has 0 bridgehead atoms. The third-order valence-corrected chi connectivity index (χ3v) is 3.18. The standard InChI is InChI=1S/C13H17N3O/c1-9-5-12(8-17)11(3)16(9)7-13-6-15(4)14-10(13)2/h5-6,8H,7H2,1-4H3. The molecule has 4 heteroatoms. The van der Waals surface area contributed by atoms with E-state index in [1.165, 1.54) is 5.56 Å². The number of aldehydes is 1. The van der Waals surface area contributed by atoms with Gasteiger partial charge in [-0.05, 0) is 26.8 Å². The number of hydrogen-bond acceptors (Lipinski definition) is 2. The van der Waals surface area contributed by atoms with Crippen molar-refractivity contribution in [1.82, 2.24) is 14.3 Å². The van der Waals surface area contributed by atoms with Crippen molar-refractivity contribution in [3.05, 3.63) is 40.5 Å². The summed E-state index contributed by atoms with van der Waals surface area (Å²) in [6.45, 7) is 6.77. The molecule has 0 aliphatic heterocycles. The summed E-state index contributed by atoms with van der Waals surface area (Å²) >= 11 is 0. The molecule has 17 heavy (non-hydrogen) atoms. The maximum Gasteiger partial charge on any atom is 0.151 e. The summed E-state index contributed by atoms with van der Waals surface area (Å²) in [7, 11) is 1.92. The average Bonchev–Trinajstić information content (AvgIpc) is 2.72. The van der Waals surface area contributed by atoms with E-state index in [4.69, 9.17) is 0 Å². The van der Waals surface area contributed by atoms with Crippen molar-refractivity contribution in [3.63, 3.8) is 0 Å². The number of aryl methyl sites for hydroxylation is 3. The maximum atomic E-state index is 10.9. The van der Waals surface area contributed by atoms with Crippen LogP contribution in [0.5, 0.6) is 0 Å². The number of carbonyl (C=O) groups excluding carboxylic acids is 1. The van der Waals surface area contributed by atoms with Gasteiger partial charge in [-0.25, -0.2) is 0 Å². The molecule has 0 unspecified atom stereocenters. The van der Waals surface area contributed by atoms with Crippen molar-refractivity contribution in [2.75, 3.05) is 0 Å². The van der Waals surface area contributed by atoms with Crippen LogP contribution in [0.1, 0.15) is 33.0 Å². The maximum absolute atomic E-state index is 10.9. The van der Waals surface area contributed by atoms with Crippen LogP contribution in [0.4, 0.5) is 0 Å². The van der Waals surface area contributed by atoms with Gasteiger partial charge in [0.2, 0.25) is 0 Å². The molecule has 2 aromatic heterocycles. The van der Waals surface area contributed by atoms with Gasteiger partial charge in [0, 0.05) is 35.8 Å². The van der Waals surface area contributed by atoms with Crippen molar-refractivity contribution in [1.29, 1.82) is 0 Å². The molecule has 0 spiro atoms. The first-order chi connectivity index (χ1) is 8.02. The summed E-state index contributed by atoms with van der Waals surface area (Å²) in [6.07, 6.45) is 2.93. The SMILES string of the molecule is Cc1nn(C)cc1Cn1c(C)cc(C=O)c1C. The van der Waals surface area contributed by atoms with Crippen molar-refractivity contribution >= 4 is 6.29 Å². The second-order valence-electron chi connectivity index (χ2n) is 4.44. The van der Waals surface area contributed by atoms with Gasteiger partial charge >= 0.3 is 0 Å². The molecule has 90 valence electrons. The van der Waals surface area contributed by atoms with E-state index < -0.39 is 0 Å². The summed E-state index contributed by atoms with van der Waals surface area (Å²) in [5.41, 5.74) is 5.11.